The molecule has 3 heterocycles. The van der Waals surface area contributed by atoms with Gasteiger partial charge in [-0.2, -0.15) is 0 Å². The van der Waals surface area contributed by atoms with Gasteiger partial charge in [0.25, 0.3) is 0 Å². The molecule has 3 rings (SSSR count). The summed E-state index contributed by atoms with van der Waals surface area (Å²) in [6, 6.07) is 0.686. The minimum absolute atomic E-state index is 0.308. The van der Waals surface area contributed by atoms with Crippen molar-refractivity contribution in [2.24, 2.45) is 0 Å². The molecule has 2 saturated heterocycles. The van der Waals surface area contributed by atoms with Crippen LogP contribution in [-0.4, -0.2) is 47.1 Å². The first-order valence-corrected chi connectivity index (χ1v) is 8.19. The number of piperazine rings is 1. The van der Waals surface area contributed by atoms with E-state index >= 15 is 0 Å². The fourth-order valence-corrected chi connectivity index (χ4v) is 3.45. The summed E-state index contributed by atoms with van der Waals surface area (Å²) in [6.45, 7) is 10.8. The Morgan fingerprint density at radius 3 is 2.71 bits per heavy atom. The molecule has 5 nitrogen and oxygen atoms in total. The van der Waals surface area contributed by atoms with Crippen molar-refractivity contribution in [3.63, 3.8) is 0 Å². The largest absolute Gasteiger partial charge is 0.383 e. The predicted molar refractivity (Wildman–Crippen MR) is 86.7 cm³/mol. The third kappa shape index (κ3) is 2.84. The van der Waals surface area contributed by atoms with Crippen LogP contribution in [0.4, 0.5) is 11.6 Å². The summed E-state index contributed by atoms with van der Waals surface area (Å²) < 4.78 is 0. The lowest BCUT2D eigenvalue weighted by molar-refractivity contribution is 0.133. The van der Waals surface area contributed by atoms with Gasteiger partial charge in [-0.15, -0.1) is 0 Å². The first-order valence-electron chi connectivity index (χ1n) is 8.19. The quantitative estimate of drug-likeness (QED) is 0.904. The van der Waals surface area contributed by atoms with E-state index in [1.807, 2.05) is 6.92 Å². The molecule has 116 valence electrons. The van der Waals surface area contributed by atoms with Gasteiger partial charge < -0.3 is 10.6 Å². The van der Waals surface area contributed by atoms with Gasteiger partial charge in [0.15, 0.2) is 0 Å². The molecule has 1 atom stereocenters. The second kappa shape index (κ2) is 5.79. The Morgan fingerprint density at radius 2 is 1.95 bits per heavy atom. The van der Waals surface area contributed by atoms with Gasteiger partial charge in [0, 0.05) is 37.2 Å². The molecular formula is C16H27N5. The molecule has 0 aromatic carbocycles. The van der Waals surface area contributed by atoms with Crippen molar-refractivity contribution in [1.82, 2.24) is 14.9 Å². The standard InChI is InChI=1S/C16H27N5/c1-11(2)15-18-14(17)12(3)16(19-15)21-9-8-20-7-5-4-6-13(20)10-21/h11,13H,4-10H2,1-3H3,(H2,17,18,19). The monoisotopic (exact) mass is 289 g/mol. The van der Waals surface area contributed by atoms with E-state index in [9.17, 15) is 0 Å². The van der Waals surface area contributed by atoms with E-state index in [4.69, 9.17) is 10.7 Å². The highest BCUT2D eigenvalue weighted by molar-refractivity contribution is 5.57. The summed E-state index contributed by atoms with van der Waals surface area (Å²) >= 11 is 0. The van der Waals surface area contributed by atoms with Gasteiger partial charge in [0.2, 0.25) is 0 Å². The summed E-state index contributed by atoms with van der Waals surface area (Å²) in [4.78, 5) is 14.3. The zero-order valence-corrected chi connectivity index (χ0v) is 13.5. The van der Waals surface area contributed by atoms with Crippen LogP contribution >= 0.6 is 0 Å². The van der Waals surface area contributed by atoms with Crippen LogP contribution in [0, 0.1) is 6.92 Å². The average molecular weight is 289 g/mol. The van der Waals surface area contributed by atoms with Crippen molar-refractivity contribution >= 4 is 11.6 Å². The molecule has 0 aliphatic carbocycles. The lowest BCUT2D eigenvalue weighted by Crippen LogP contribution is -2.55. The first kappa shape index (κ1) is 14.6. The van der Waals surface area contributed by atoms with Gasteiger partial charge in [-0.3, -0.25) is 4.90 Å². The Labute approximate surface area is 127 Å². The molecule has 0 spiro atoms. The minimum Gasteiger partial charge on any atom is -0.383 e. The number of piperidine rings is 1. The Bertz CT molecular complexity index is 514. The fourth-order valence-electron chi connectivity index (χ4n) is 3.45. The Kier molecular flexibility index (Phi) is 4.02. The first-order chi connectivity index (χ1) is 10.1. The van der Waals surface area contributed by atoms with Crippen LogP contribution in [0.15, 0.2) is 0 Å². The number of nitrogens with zero attached hydrogens (tertiary/aromatic N) is 4. The van der Waals surface area contributed by atoms with Gasteiger partial charge in [0.05, 0.1) is 0 Å². The smallest absolute Gasteiger partial charge is 0.137 e. The van der Waals surface area contributed by atoms with Gasteiger partial charge >= 0.3 is 0 Å². The second-order valence-electron chi connectivity index (χ2n) is 6.70. The third-order valence-electron chi connectivity index (χ3n) is 4.83. The fraction of sp³-hybridized carbons (Fsp3) is 0.750. The topological polar surface area (TPSA) is 58.3 Å². The van der Waals surface area contributed by atoms with Crippen LogP contribution in [0.3, 0.4) is 0 Å². The maximum atomic E-state index is 6.11. The maximum absolute atomic E-state index is 6.11. The Morgan fingerprint density at radius 1 is 1.14 bits per heavy atom. The van der Waals surface area contributed by atoms with Crippen LogP contribution in [0.25, 0.3) is 0 Å². The van der Waals surface area contributed by atoms with Crippen molar-refractivity contribution in [3.05, 3.63) is 11.4 Å². The number of hydrogen-bond donors (Lipinski definition) is 1. The molecule has 2 N–H and O–H groups in total. The zero-order valence-electron chi connectivity index (χ0n) is 13.5. The molecule has 2 aliphatic heterocycles. The molecule has 1 aromatic rings. The summed E-state index contributed by atoms with van der Waals surface area (Å²) in [5.41, 5.74) is 7.14. The number of nitrogen functional groups attached to an aromatic ring is 1. The summed E-state index contributed by atoms with van der Waals surface area (Å²) in [5, 5.41) is 0. The van der Waals surface area contributed by atoms with Crippen molar-refractivity contribution in [1.29, 1.82) is 0 Å². The SMILES string of the molecule is Cc1c(N)nc(C(C)C)nc1N1CCN2CCCCC2C1. The van der Waals surface area contributed by atoms with E-state index in [0.29, 0.717) is 17.8 Å². The van der Waals surface area contributed by atoms with E-state index < -0.39 is 0 Å². The molecule has 0 saturated carbocycles. The maximum Gasteiger partial charge on any atom is 0.137 e. The number of aromatic nitrogens is 2. The molecule has 2 fully saturated rings. The lowest BCUT2D eigenvalue weighted by Gasteiger charge is -2.44. The molecule has 0 radical (unpaired) electrons. The highest BCUT2D eigenvalue weighted by Gasteiger charge is 2.30. The van der Waals surface area contributed by atoms with Crippen LogP contribution in [0.2, 0.25) is 0 Å². The zero-order chi connectivity index (χ0) is 15.0. The van der Waals surface area contributed by atoms with Crippen molar-refractivity contribution in [2.45, 2.75) is 52.0 Å². The molecule has 0 bridgehead atoms. The number of hydrogen-bond acceptors (Lipinski definition) is 5. The molecule has 5 heteroatoms. The van der Waals surface area contributed by atoms with Gasteiger partial charge in [-0.1, -0.05) is 20.3 Å². The summed E-state index contributed by atoms with van der Waals surface area (Å²) in [6.07, 6.45) is 4.03. The molecule has 1 unspecified atom stereocenters. The van der Waals surface area contributed by atoms with Crippen LogP contribution in [0.1, 0.15) is 50.4 Å². The lowest BCUT2D eigenvalue weighted by atomic mass is 9.99. The third-order valence-corrected chi connectivity index (χ3v) is 4.83. The number of fused-ring (bicyclic) bond motifs is 1. The number of rotatable bonds is 2. The van der Waals surface area contributed by atoms with Crippen LogP contribution in [-0.2, 0) is 0 Å². The molecule has 1 aromatic heterocycles. The van der Waals surface area contributed by atoms with Crippen molar-refractivity contribution in [2.75, 3.05) is 36.8 Å². The van der Waals surface area contributed by atoms with E-state index in [0.717, 1.165) is 36.8 Å². The van der Waals surface area contributed by atoms with E-state index in [1.54, 1.807) is 0 Å². The highest BCUT2D eigenvalue weighted by Crippen LogP contribution is 2.28. The molecule has 0 amide bonds. The van der Waals surface area contributed by atoms with Crippen molar-refractivity contribution in [3.8, 4) is 0 Å². The van der Waals surface area contributed by atoms with E-state index in [-0.39, 0.29) is 0 Å². The number of anilines is 2. The Balaban J connectivity index is 1.86. The van der Waals surface area contributed by atoms with Crippen LogP contribution in [0.5, 0.6) is 0 Å². The molecule has 21 heavy (non-hydrogen) atoms. The number of nitrogens with two attached hydrogens (primary N) is 1. The predicted octanol–water partition coefficient (Wildman–Crippen LogP) is 2.17. The van der Waals surface area contributed by atoms with Gasteiger partial charge in [0.1, 0.15) is 17.5 Å². The second-order valence-corrected chi connectivity index (χ2v) is 6.70. The van der Waals surface area contributed by atoms with Crippen molar-refractivity contribution < 1.29 is 0 Å². The summed E-state index contributed by atoms with van der Waals surface area (Å²) in [7, 11) is 0. The minimum atomic E-state index is 0.308. The molecular weight excluding hydrogens is 262 g/mol. The molecule has 2 aliphatic rings. The van der Waals surface area contributed by atoms with Crippen LogP contribution < -0.4 is 10.6 Å². The normalized spacial score (nSPS) is 23.4. The highest BCUT2D eigenvalue weighted by atomic mass is 15.3. The van der Waals surface area contributed by atoms with E-state index in [1.165, 1.54) is 25.8 Å². The van der Waals surface area contributed by atoms with Gasteiger partial charge in [-0.05, 0) is 26.3 Å². The summed E-state index contributed by atoms with van der Waals surface area (Å²) in [5.74, 6) is 2.85. The average Bonchev–Trinajstić information content (AvgIpc) is 2.49. The van der Waals surface area contributed by atoms with E-state index in [2.05, 4.69) is 28.6 Å². The van der Waals surface area contributed by atoms with Gasteiger partial charge in [-0.25, -0.2) is 9.97 Å². The Hall–Kier alpha value is -1.36.